The van der Waals surface area contributed by atoms with E-state index in [0.717, 1.165) is 39.6 Å². The van der Waals surface area contributed by atoms with Gasteiger partial charge in [0.2, 0.25) is 0 Å². The Morgan fingerprint density at radius 2 is 1.85 bits per heavy atom. The summed E-state index contributed by atoms with van der Waals surface area (Å²) in [5, 5.41) is 18.6. The molecular weight excluding hydrogens is 462 g/mol. The number of aryl methyl sites for hydroxylation is 1. The molecule has 0 bridgehead atoms. The lowest BCUT2D eigenvalue weighted by atomic mass is 10.1. The number of hydrogen-bond donors (Lipinski definition) is 1. The second-order valence-electron chi connectivity index (χ2n) is 6.09. The summed E-state index contributed by atoms with van der Waals surface area (Å²) in [6.45, 7) is 2.75. The van der Waals surface area contributed by atoms with Crippen LogP contribution in [-0.2, 0) is 13.0 Å². The number of hydrogen-bond acceptors (Lipinski definition) is 5. The van der Waals surface area contributed by atoms with Crippen LogP contribution in [0.25, 0.3) is 22.1 Å². The SMILES string of the molecule is CCCc1cn(Cc2ccc3nc4c(O)c(Br)cc(Br)c4nc3c2)nn1. The monoisotopic (exact) mass is 475 g/mol. The maximum absolute atomic E-state index is 10.2. The maximum atomic E-state index is 10.2. The van der Waals surface area contributed by atoms with Crippen LogP contribution in [0.4, 0.5) is 0 Å². The van der Waals surface area contributed by atoms with Gasteiger partial charge in [0.05, 0.1) is 27.7 Å². The molecule has 0 saturated heterocycles. The van der Waals surface area contributed by atoms with Crippen LogP contribution in [0.3, 0.4) is 0 Å². The molecule has 0 saturated carbocycles. The van der Waals surface area contributed by atoms with E-state index in [1.54, 1.807) is 6.07 Å². The first-order valence-corrected chi connectivity index (χ1v) is 9.80. The lowest BCUT2D eigenvalue weighted by Gasteiger charge is -2.08. The summed E-state index contributed by atoms with van der Waals surface area (Å²) in [5.74, 6) is 0.0905. The van der Waals surface area contributed by atoms with Gasteiger partial charge in [0.15, 0.2) is 5.75 Å². The lowest BCUT2D eigenvalue weighted by molar-refractivity contribution is 0.477. The van der Waals surface area contributed by atoms with Crippen LogP contribution >= 0.6 is 31.9 Å². The highest BCUT2D eigenvalue weighted by Crippen LogP contribution is 2.36. The molecule has 0 radical (unpaired) electrons. The number of benzene rings is 2. The first-order chi connectivity index (χ1) is 12.5. The number of aromatic nitrogens is 5. The fourth-order valence-electron chi connectivity index (χ4n) is 2.86. The van der Waals surface area contributed by atoms with Crippen LogP contribution in [0, 0.1) is 0 Å². The molecule has 26 heavy (non-hydrogen) atoms. The van der Waals surface area contributed by atoms with Crippen molar-refractivity contribution in [3.8, 4) is 5.75 Å². The molecule has 4 aromatic rings. The van der Waals surface area contributed by atoms with Crippen molar-refractivity contribution in [1.29, 1.82) is 0 Å². The van der Waals surface area contributed by atoms with Gasteiger partial charge in [-0.2, -0.15) is 0 Å². The third-order valence-corrected chi connectivity index (χ3v) is 5.30. The molecule has 0 amide bonds. The second kappa shape index (κ2) is 6.92. The highest BCUT2D eigenvalue weighted by molar-refractivity contribution is 9.11. The number of phenols is 1. The summed E-state index contributed by atoms with van der Waals surface area (Å²) in [5.41, 5.74) is 4.66. The van der Waals surface area contributed by atoms with Crippen molar-refractivity contribution in [2.75, 3.05) is 0 Å². The van der Waals surface area contributed by atoms with Gasteiger partial charge in [-0.25, -0.2) is 14.6 Å². The summed E-state index contributed by atoms with van der Waals surface area (Å²) in [4.78, 5) is 9.25. The van der Waals surface area contributed by atoms with E-state index < -0.39 is 0 Å². The second-order valence-corrected chi connectivity index (χ2v) is 7.80. The Kier molecular flexibility index (Phi) is 4.62. The number of rotatable bonds is 4. The third-order valence-electron chi connectivity index (χ3n) is 4.10. The summed E-state index contributed by atoms with van der Waals surface area (Å²) in [6, 6.07) is 7.67. The molecule has 2 aromatic carbocycles. The van der Waals surface area contributed by atoms with Crippen molar-refractivity contribution in [1.82, 2.24) is 25.0 Å². The maximum Gasteiger partial charge on any atom is 0.157 e. The molecule has 4 rings (SSSR count). The van der Waals surface area contributed by atoms with Crippen LogP contribution in [0.15, 0.2) is 39.4 Å². The first kappa shape index (κ1) is 17.4. The van der Waals surface area contributed by atoms with Crippen LogP contribution in [0.2, 0.25) is 0 Å². The van der Waals surface area contributed by atoms with Crippen molar-refractivity contribution >= 4 is 53.9 Å². The zero-order chi connectivity index (χ0) is 18.3. The third kappa shape index (κ3) is 3.19. The minimum absolute atomic E-state index is 0.0905. The van der Waals surface area contributed by atoms with Gasteiger partial charge in [-0.15, -0.1) is 5.10 Å². The van der Waals surface area contributed by atoms with Gasteiger partial charge in [-0.05, 0) is 62.0 Å². The Morgan fingerprint density at radius 3 is 2.65 bits per heavy atom. The van der Waals surface area contributed by atoms with Gasteiger partial charge >= 0.3 is 0 Å². The molecule has 132 valence electrons. The van der Waals surface area contributed by atoms with Gasteiger partial charge in [-0.1, -0.05) is 24.6 Å². The van der Waals surface area contributed by atoms with Crippen LogP contribution in [0.1, 0.15) is 24.6 Å². The fraction of sp³-hybridized carbons (Fsp3) is 0.222. The molecule has 8 heteroatoms. The molecule has 0 fully saturated rings. The van der Waals surface area contributed by atoms with Crippen molar-refractivity contribution in [2.24, 2.45) is 0 Å². The van der Waals surface area contributed by atoms with Gasteiger partial charge in [-0.3, -0.25) is 0 Å². The van der Waals surface area contributed by atoms with Gasteiger partial charge in [0.25, 0.3) is 0 Å². The van der Waals surface area contributed by atoms with Crippen molar-refractivity contribution in [3.63, 3.8) is 0 Å². The Hall–Kier alpha value is -2.06. The summed E-state index contributed by atoms with van der Waals surface area (Å²) in [7, 11) is 0. The zero-order valence-electron chi connectivity index (χ0n) is 13.9. The van der Waals surface area contributed by atoms with Gasteiger partial charge < -0.3 is 5.11 Å². The van der Waals surface area contributed by atoms with Crippen molar-refractivity contribution in [2.45, 2.75) is 26.3 Å². The summed E-state index contributed by atoms with van der Waals surface area (Å²) in [6.07, 6.45) is 3.96. The molecule has 0 unspecified atom stereocenters. The molecule has 0 aliphatic rings. The van der Waals surface area contributed by atoms with Crippen molar-refractivity contribution < 1.29 is 5.11 Å². The minimum Gasteiger partial charge on any atom is -0.504 e. The largest absolute Gasteiger partial charge is 0.504 e. The van der Waals surface area contributed by atoms with Crippen molar-refractivity contribution in [3.05, 3.63) is 50.7 Å². The van der Waals surface area contributed by atoms with Gasteiger partial charge in [0, 0.05) is 10.7 Å². The van der Waals surface area contributed by atoms with E-state index in [0.29, 0.717) is 22.1 Å². The molecule has 6 nitrogen and oxygen atoms in total. The number of halogens is 2. The van der Waals surface area contributed by atoms with E-state index in [1.807, 2.05) is 29.1 Å². The molecule has 0 aliphatic heterocycles. The van der Waals surface area contributed by atoms with Crippen LogP contribution < -0.4 is 0 Å². The molecule has 0 aliphatic carbocycles. The molecule has 2 heterocycles. The average Bonchev–Trinajstić information content (AvgIpc) is 3.06. The standard InChI is InChI=1S/C18H15Br2N5O/c1-2-3-11-9-25(24-23-11)8-10-4-5-14-15(6-10)22-16-12(19)7-13(20)18(26)17(16)21-14/h4-7,9,26H,2-3,8H2,1H3. The highest BCUT2D eigenvalue weighted by Gasteiger charge is 2.13. The smallest absolute Gasteiger partial charge is 0.157 e. The van der Waals surface area contributed by atoms with Crippen LogP contribution in [-0.4, -0.2) is 30.1 Å². The molecule has 0 atom stereocenters. The quantitative estimate of drug-likeness (QED) is 0.435. The van der Waals surface area contributed by atoms with E-state index in [9.17, 15) is 5.11 Å². The normalized spacial score (nSPS) is 11.5. The topological polar surface area (TPSA) is 76.7 Å². The van der Waals surface area contributed by atoms with E-state index >= 15 is 0 Å². The van der Waals surface area contributed by atoms with E-state index in [2.05, 4.69) is 59.1 Å². The van der Waals surface area contributed by atoms with E-state index in [4.69, 9.17) is 0 Å². The first-order valence-electron chi connectivity index (χ1n) is 8.21. The van der Waals surface area contributed by atoms with E-state index in [-0.39, 0.29) is 5.75 Å². The lowest BCUT2D eigenvalue weighted by Crippen LogP contribution is -2.01. The Balaban J connectivity index is 1.75. The number of aromatic hydroxyl groups is 1. The molecular formula is C18H15Br2N5O. The summed E-state index contributed by atoms with van der Waals surface area (Å²) < 4.78 is 3.19. The van der Waals surface area contributed by atoms with E-state index in [1.165, 1.54) is 0 Å². The molecule has 2 aromatic heterocycles. The Morgan fingerprint density at radius 1 is 1.04 bits per heavy atom. The fourth-order valence-corrected chi connectivity index (χ4v) is 4.09. The number of phenolic OH excluding ortho intramolecular Hbond substituents is 1. The minimum atomic E-state index is 0.0905. The summed E-state index contributed by atoms with van der Waals surface area (Å²) >= 11 is 6.82. The highest BCUT2D eigenvalue weighted by atomic mass is 79.9. The zero-order valence-corrected chi connectivity index (χ0v) is 17.1. The Labute approximate surface area is 166 Å². The molecule has 1 N–H and O–H groups in total. The predicted molar refractivity (Wildman–Crippen MR) is 107 cm³/mol. The Bertz CT molecular complexity index is 1130. The number of fused-ring (bicyclic) bond motifs is 2. The average molecular weight is 477 g/mol. The van der Waals surface area contributed by atoms with Crippen LogP contribution in [0.5, 0.6) is 5.75 Å². The number of nitrogens with zero attached hydrogens (tertiary/aromatic N) is 5. The molecule has 0 spiro atoms. The van der Waals surface area contributed by atoms with Gasteiger partial charge in [0.1, 0.15) is 11.0 Å². The predicted octanol–water partition coefficient (Wildman–Crippen LogP) is 4.61.